The first-order valence-electron chi connectivity index (χ1n) is 8.07. The Labute approximate surface area is 144 Å². The third-order valence-corrected chi connectivity index (χ3v) is 4.40. The summed E-state index contributed by atoms with van der Waals surface area (Å²) >= 11 is 0. The van der Waals surface area contributed by atoms with Gasteiger partial charge in [-0.2, -0.15) is 15.4 Å². The number of hydrogen-bond acceptors (Lipinski definition) is 5. The first kappa shape index (κ1) is 16.9. The van der Waals surface area contributed by atoms with Gasteiger partial charge in [0.25, 0.3) is 5.91 Å². The summed E-state index contributed by atoms with van der Waals surface area (Å²) in [6.45, 7) is 2.67. The number of benzene rings is 1. The number of carbonyl (C=O) groups excluding carboxylic acids is 1. The molecule has 2 atom stereocenters. The second-order valence-corrected chi connectivity index (χ2v) is 6.26. The van der Waals surface area contributed by atoms with Crippen molar-refractivity contribution in [2.45, 2.75) is 19.3 Å². The van der Waals surface area contributed by atoms with Gasteiger partial charge in [0, 0.05) is 19.0 Å². The Morgan fingerprint density at radius 2 is 2.24 bits per heavy atom. The third kappa shape index (κ3) is 4.14. The lowest BCUT2D eigenvalue weighted by molar-refractivity contribution is -0.138. The molecule has 2 N–H and O–H groups in total. The Bertz CT molecular complexity index is 747. The van der Waals surface area contributed by atoms with Crippen molar-refractivity contribution in [3.05, 3.63) is 41.7 Å². The average molecular weight is 344 g/mol. The lowest BCUT2D eigenvalue weighted by Crippen LogP contribution is -2.33. The summed E-state index contributed by atoms with van der Waals surface area (Å²) in [6, 6.07) is 7.49. The van der Waals surface area contributed by atoms with Crippen LogP contribution in [0, 0.1) is 12.8 Å². The minimum atomic E-state index is -0.885. The maximum atomic E-state index is 12.5. The monoisotopic (exact) mass is 344 g/mol. The summed E-state index contributed by atoms with van der Waals surface area (Å²) in [5.41, 5.74) is 1.74. The molecule has 2 aromatic rings. The molecule has 1 amide bonds. The molecular formula is C17H20N4O4. The molecule has 1 aliphatic rings. The van der Waals surface area contributed by atoms with Crippen LogP contribution >= 0.6 is 0 Å². The number of aromatic nitrogens is 3. The lowest BCUT2D eigenvalue weighted by Gasteiger charge is -2.16. The number of carbonyl (C=O) groups is 2. The summed E-state index contributed by atoms with van der Waals surface area (Å²) in [7, 11) is 0. The van der Waals surface area contributed by atoms with Crippen molar-refractivity contribution in [1.29, 1.82) is 0 Å². The molecule has 1 aromatic carbocycles. The number of carboxylic acid groups (broad SMARTS) is 1. The van der Waals surface area contributed by atoms with Crippen molar-refractivity contribution in [2.75, 3.05) is 19.7 Å². The van der Waals surface area contributed by atoms with Crippen LogP contribution in [0.15, 0.2) is 30.5 Å². The van der Waals surface area contributed by atoms with Gasteiger partial charge in [-0.15, -0.1) is 0 Å². The molecule has 1 aromatic heterocycles. The number of rotatable bonds is 6. The van der Waals surface area contributed by atoms with Crippen LogP contribution in [-0.2, 0) is 9.59 Å². The van der Waals surface area contributed by atoms with E-state index in [1.807, 2.05) is 25.1 Å². The van der Waals surface area contributed by atoms with Gasteiger partial charge in [-0.3, -0.25) is 9.59 Å². The van der Waals surface area contributed by atoms with Crippen LogP contribution in [0.1, 0.15) is 23.6 Å². The largest absolute Gasteiger partial charge is 0.484 e. The number of hydrogen-bond donors (Lipinski definition) is 2. The fourth-order valence-electron chi connectivity index (χ4n) is 3.17. The number of amides is 1. The second kappa shape index (κ2) is 7.33. The van der Waals surface area contributed by atoms with Crippen LogP contribution in [0.3, 0.4) is 0 Å². The molecule has 0 saturated carbocycles. The van der Waals surface area contributed by atoms with E-state index in [1.54, 1.807) is 17.2 Å². The highest BCUT2D eigenvalue weighted by atomic mass is 16.5. The maximum Gasteiger partial charge on any atom is 0.303 e. The number of aliphatic carboxylic acids is 1. The van der Waals surface area contributed by atoms with E-state index in [-0.39, 0.29) is 30.8 Å². The SMILES string of the molecule is Cc1cccc(OCC(=O)N2C[C@@H](CC(=O)O)[C@@H](c3cn[nH]n3)C2)c1. The predicted octanol–water partition coefficient (Wildman–Crippen LogP) is 1.21. The van der Waals surface area contributed by atoms with Crippen LogP contribution in [0.5, 0.6) is 5.75 Å². The van der Waals surface area contributed by atoms with E-state index >= 15 is 0 Å². The third-order valence-electron chi connectivity index (χ3n) is 4.40. The van der Waals surface area contributed by atoms with E-state index in [1.165, 1.54) is 0 Å². The zero-order valence-corrected chi connectivity index (χ0v) is 13.9. The van der Waals surface area contributed by atoms with E-state index in [2.05, 4.69) is 15.4 Å². The van der Waals surface area contributed by atoms with Gasteiger partial charge in [-0.25, -0.2) is 0 Å². The molecule has 2 heterocycles. The van der Waals surface area contributed by atoms with E-state index in [4.69, 9.17) is 9.84 Å². The van der Waals surface area contributed by atoms with Crippen LogP contribution in [0.2, 0.25) is 0 Å². The molecule has 25 heavy (non-hydrogen) atoms. The lowest BCUT2D eigenvalue weighted by atomic mass is 9.91. The van der Waals surface area contributed by atoms with Crippen LogP contribution in [0.4, 0.5) is 0 Å². The number of aryl methyl sites for hydroxylation is 1. The Balaban J connectivity index is 1.63. The molecule has 3 rings (SSSR count). The maximum absolute atomic E-state index is 12.5. The van der Waals surface area contributed by atoms with Crippen molar-refractivity contribution in [3.63, 3.8) is 0 Å². The van der Waals surface area contributed by atoms with Gasteiger partial charge in [0.05, 0.1) is 18.3 Å². The van der Waals surface area contributed by atoms with Gasteiger partial charge in [0.1, 0.15) is 5.75 Å². The molecule has 0 spiro atoms. The van der Waals surface area contributed by atoms with Crippen LogP contribution in [-0.4, -0.2) is 57.0 Å². The number of ether oxygens (including phenoxy) is 1. The molecular weight excluding hydrogens is 324 g/mol. The van der Waals surface area contributed by atoms with Gasteiger partial charge in [-0.05, 0) is 30.5 Å². The van der Waals surface area contributed by atoms with E-state index in [0.717, 1.165) is 5.56 Å². The molecule has 132 valence electrons. The molecule has 8 nitrogen and oxygen atoms in total. The van der Waals surface area contributed by atoms with Crippen molar-refractivity contribution in [3.8, 4) is 5.75 Å². The number of carboxylic acids is 1. The smallest absolute Gasteiger partial charge is 0.303 e. The minimum Gasteiger partial charge on any atom is -0.484 e. The van der Waals surface area contributed by atoms with Gasteiger partial charge < -0.3 is 14.7 Å². The highest BCUT2D eigenvalue weighted by Crippen LogP contribution is 2.33. The summed E-state index contributed by atoms with van der Waals surface area (Å²) in [5, 5.41) is 19.5. The quantitative estimate of drug-likeness (QED) is 0.815. The fraction of sp³-hybridized carbons (Fsp3) is 0.412. The number of nitrogens with zero attached hydrogens (tertiary/aromatic N) is 3. The Kier molecular flexibility index (Phi) is 4.97. The molecule has 0 bridgehead atoms. The van der Waals surface area contributed by atoms with E-state index < -0.39 is 5.97 Å². The Morgan fingerprint density at radius 3 is 2.92 bits per heavy atom. The number of aromatic amines is 1. The van der Waals surface area contributed by atoms with Gasteiger partial charge >= 0.3 is 5.97 Å². The first-order valence-corrected chi connectivity index (χ1v) is 8.07. The van der Waals surface area contributed by atoms with E-state index in [9.17, 15) is 9.59 Å². The Morgan fingerprint density at radius 1 is 1.40 bits per heavy atom. The average Bonchev–Trinajstić information content (AvgIpc) is 3.21. The standard InChI is InChI=1S/C17H20N4O4/c1-11-3-2-4-13(5-11)25-10-16(22)21-8-12(6-17(23)24)14(9-21)15-7-18-20-19-15/h2-5,7,12,14H,6,8-10H2,1H3,(H,23,24)(H,18,19,20)/t12-,14+/m1/s1. The van der Waals surface area contributed by atoms with Crippen molar-refractivity contribution < 1.29 is 19.4 Å². The van der Waals surface area contributed by atoms with Gasteiger partial charge in [0.2, 0.25) is 0 Å². The first-order chi connectivity index (χ1) is 12.0. The summed E-state index contributed by atoms with van der Waals surface area (Å²) < 4.78 is 5.56. The molecule has 8 heteroatoms. The highest BCUT2D eigenvalue weighted by molar-refractivity contribution is 5.78. The zero-order chi connectivity index (χ0) is 17.8. The molecule has 1 fully saturated rings. The van der Waals surface area contributed by atoms with Gasteiger partial charge in [0.15, 0.2) is 6.61 Å². The zero-order valence-electron chi connectivity index (χ0n) is 13.9. The number of likely N-dealkylation sites (tertiary alicyclic amines) is 1. The second-order valence-electron chi connectivity index (χ2n) is 6.26. The Hall–Kier alpha value is -2.90. The number of H-pyrrole nitrogens is 1. The molecule has 0 aliphatic carbocycles. The summed E-state index contributed by atoms with van der Waals surface area (Å²) in [4.78, 5) is 25.2. The van der Waals surface area contributed by atoms with Crippen LogP contribution < -0.4 is 4.74 Å². The van der Waals surface area contributed by atoms with Gasteiger partial charge in [-0.1, -0.05) is 12.1 Å². The summed E-state index contributed by atoms with van der Waals surface area (Å²) in [5.74, 6) is -0.738. The fourth-order valence-corrected chi connectivity index (χ4v) is 3.17. The molecule has 0 radical (unpaired) electrons. The van der Waals surface area contributed by atoms with Crippen molar-refractivity contribution in [2.24, 2.45) is 5.92 Å². The minimum absolute atomic E-state index is 0.0138. The van der Waals surface area contributed by atoms with Crippen molar-refractivity contribution in [1.82, 2.24) is 20.3 Å². The normalized spacial score (nSPS) is 19.8. The predicted molar refractivity (Wildman–Crippen MR) is 88.1 cm³/mol. The highest BCUT2D eigenvalue weighted by Gasteiger charge is 2.38. The van der Waals surface area contributed by atoms with Crippen LogP contribution in [0.25, 0.3) is 0 Å². The number of nitrogens with one attached hydrogen (secondary N) is 1. The molecule has 1 aliphatic heterocycles. The molecule has 1 saturated heterocycles. The molecule has 0 unspecified atom stereocenters. The van der Waals surface area contributed by atoms with E-state index in [0.29, 0.717) is 24.5 Å². The summed E-state index contributed by atoms with van der Waals surface area (Å²) in [6.07, 6.45) is 1.57. The topological polar surface area (TPSA) is 108 Å². The van der Waals surface area contributed by atoms with Crippen molar-refractivity contribution >= 4 is 11.9 Å².